The largest absolute Gasteiger partial charge is 0.350 e. The molecule has 5 rings (SSSR count). The summed E-state index contributed by atoms with van der Waals surface area (Å²) in [6, 6.07) is 17.9. The van der Waals surface area contributed by atoms with Gasteiger partial charge in [-0.15, -0.1) is 10.2 Å². The molecular weight excluding hydrogens is 523 g/mol. The Kier molecular flexibility index (Phi) is 7.41. The summed E-state index contributed by atoms with van der Waals surface area (Å²) >= 11 is 6.25. The fourth-order valence-corrected chi connectivity index (χ4v) is 4.12. The first kappa shape index (κ1) is 25.7. The van der Waals surface area contributed by atoms with Crippen LogP contribution < -0.4 is 10.6 Å². The van der Waals surface area contributed by atoms with E-state index in [0.717, 1.165) is 11.9 Å². The molecule has 0 radical (unpaired) electrons. The van der Waals surface area contributed by atoms with Crippen molar-refractivity contribution in [3.63, 3.8) is 0 Å². The van der Waals surface area contributed by atoms with Gasteiger partial charge in [-0.3, -0.25) is 14.6 Å². The lowest BCUT2D eigenvalue weighted by atomic mass is 10.1. The van der Waals surface area contributed by atoms with E-state index >= 15 is 0 Å². The van der Waals surface area contributed by atoms with Gasteiger partial charge in [-0.25, -0.2) is 9.07 Å². The molecule has 5 aromatic rings. The van der Waals surface area contributed by atoms with Gasteiger partial charge in [0, 0.05) is 37.8 Å². The van der Waals surface area contributed by atoms with Crippen molar-refractivity contribution in [1.82, 2.24) is 34.8 Å². The van der Waals surface area contributed by atoms with Crippen LogP contribution >= 0.6 is 11.6 Å². The van der Waals surface area contributed by atoms with Crippen molar-refractivity contribution in [3.8, 4) is 16.9 Å². The van der Waals surface area contributed by atoms with E-state index in [2.05, 4.69) is 30.9 Å². The van der Waals surface area contributed by atoms with E-state index in [9.17, 15) is 14.0 Å². The van der Waals surface area contributed by atoms with Crippen LogP contribution in [0.1, 0.15) is 26.7 Å². The summed E-state index contributed by atoms with van der Waals surface area (Å²) in [6.07, 6.45) is 3.59. The van der Waals surface area contributed by atoms with Gasteiger partial charge >= 0.3 is 0 Å². The van der Waals surface area contributed by atoms with E-state index in [1.54, 1.807) is 53.4 Å². The number of anilines is 1. The number of hydrogen-bond acceptors (Lipinski definition) is 6. The Morgan fingerprint density at radius 1 is 1.03 bits per heavy atom. The zero-order chi connectivity index (χ0) is 27.4. The topological polar surface area (TPSA) is 120 Å². The summed E-state index contributed by atoms with van der Waals surface area (Å²) in [7, 11) is 1.82. The van der Waals surface area contributed by atoms with E-state index in [1.165, 1.54) is 23.0 Å². The summed E-state index contributed by atoms with van der Waals surface area (Å²) in [5.41, 5.74) is 1.23. The van der Waals surface area contributed by atoms with Crippen molar-refractivity contribution in [2.24, 2.45) is 7.05 Å². The second-order valence-electron chi connectivity index (χ2n) is 8.51. The lowest BCUT2D eigenvalue weighted by Gasteiger charge is -2.11. The molecule has 2 aromatic carbocycles. The maximum absolute atomic E-state index is 14.7. The predicted octanol–water partition coefficient (Wildman–Crippen LogP) is 4.08. The van der Waals surface area contributed by atoms with Crippen molar-refractivity contribution in [1.29, 1.82) is 0 Å². The van der Waals surface area contributed by atoms with E-state index in [4.69, 9.17) is 11.6 Å². The van der Waals surface area contributed by atoms with Crippen LogP contribution in [0.5, 0.6) is 0 Å². The van der Waals surface area contributed by atoms with E-state index < -0.39 is 17.6 Å². The molecule has 0 unspecified atom stereocenters. The zero-order valence-electron chi connectivity index (χ0n) is 20.7. The lowest BCUT2D eigenvalue weighted by Crippen LogP contribution is -2.26. The smallest absolute Gasteiger partial charge is 0.271 e. The molecule has 2 amide bonds. The number of para-hydroxylation sites is 1. The van der Waals surface area contributed by atoms with Crippen molar-refractivity contribution in [3.05, 3.63) is 107 Å². The Balaban J connectivity index is 1.41. The number of amides is 2. The fraction of sp³-hybridized carbons (Fsp3) is 0.111. The molecule has 3 aromatic heterocycles. The monoisotopic (exact) mass is 544 g/mol. The number of aryl methyl sites for hydroxylation is 1. The van der Waals surface area contributed by atoms with Crippen LogP contribution in [0, 0.1) is 5.82 Å². The van der Waals surface area contributed by atoms with E-state index in [1.807, 2.05) is 13.1 Å². The molecule has 0 aliphatic heterocycles. The van der Waals surface area contributed by atoms with Gasteiger partial charge in [0.15, 0.2) is 5.69 Å². The highest BCUT2D eigenvalue weighted by Gasteiger charge is 2.21. The lowest BCUT2D eigenvalue weighted by molar-refractivity contribution is 0.0947. The quantitative estimate of drug-likeness (QED) is 0.304. The van der Waals surface area contributed by atoms with Crippen LogP contribution in [0.15, 0.2) is 79.3 Å². The van der Waals surface area contributed by atoms with Crippen LogP contribution in [0.25, 0.3) is 16.9 Å². The molecule has 3 heterocycles. The Labute approximate surface area is 227 Å². The number of rotatable bonds is 8. The van der Waals surface area contributed by atoms with Gasteiger partial charge in [0.05, 0.1) is 22.0 Å². The average molecular weight is 545 g/mol. The second kappa shape index (κ2) is 11.2. The molecule has 0 aliphatic rings. The highest BCUT2D eigenvalue weighted by molar-refractivity contribution is 6.34. The fourth-order valence-electron chi connectivity index (χ4n) is 3.88. The third-order valence-corrected chi connectivity index (χ3v) is 6.18. The van der Waals surface area contributed by atoms with Crippen LogP contribution in [-0.2, 0) is 13.5 Å². The zero-order valence-corrected chi connectivity index (χ0v) is 21.4. The van der Waals surface area contributed by atoms with Gasteiger partial charge in [0.2, 0.25) is 0 Å². The normalized spacial score (nSPS) is 10.8. The maximum Gasteiger partial charge on any atom is 0.271 e. The third kappa shape index (κ3) is 5.68. The number of benzene rings is 2. The number of pyridine rings is 1. The summed E-state index contributed by atoms with van der Waals surface area (Å²) in [5, 5.41) is 17.7. The predicted molar refractivity (Wildman–Crippen MR) is 143 cm³/mol. The molecule has 2 N–H and O–H groups in total. The third-order valence-electron chi connectivity index (χ3n) is 5.87. The Hall–Kier alpha value is -4.90. The first-order chi connectivity index (χ1) is 18.9. The number of carbonyl (C=O) groups excluding carboxylic acids is 2. The number of carbonyl (C=O) groups is 2. The first-order valence-electron chi connectivity index (χ1n) is 11.9. The highest BCUT2D eigenvalue weighted by Crippen LogP contribution is 2.28. The molecule has 0 aliphatic carbocycles. The highest BCUT2D eigenvalue weighted by atomic mass is 35.5. The number of nitrogens with zero attached hydrogens (tertiary/aromatic N) is 6. The van der Waals surface area contributed by atoms with Crippen LogP contribution in [0.4, 0.5) is 10.2 Å². The van der Waals surface area contributed by atoms with Crippen molar-refractivity contribution < 1.29 is 14.0 Å². The van der Waals surface area contributed by atoms with Crippen LogP contribution in [-0.4, -0.2) is 47.9 Å². The average Bonchev–Trinajstić information content (AvgIpc) is 3.55. The minimum absolute atomic E-state index is 0.0363. The van der Waals surface area contributed by atoms with Gasteiger partial charge in [-0.2, -0.15) is 5.10 Å². The van der Waals surface area contributed by atoms with Gasteiger partial charge in [0.25, 0.3) is 11.8 Å². The summed E-state index contributed by atoms with van der Waals surface area (Å²) in [6.45, 7) is 0.312. The molecule has 0 spiro atoms. The summed E-state index contributed by atoms with van der Waals surface area (Å²) in [5.74, 6) is -0.697. The number of nitrogens with one attached hydrogen (secondary N) is 2. The first-order valence-corrected chi connectivity index (χ1v) is 12.3. The Morgan fingerprint density at radius 2 is 1.82 bits per heavy atom. The Morgan fingerprint density at radius 3 is 2.54 bits per heavy atom. The summed E-state index contributed by atoms with van der Waals surface area (Å²) < 4.78 is 17.9. The minimum atomic E-state index is -0.608. The number of hydrogen-bond donors (Lipinski definition) is 2. The van der Waals surface area contributed by atoms with Crippen molar-refractivity contribution in [2.45, 2.75) is 6.42 Å². The van der Waals surface area contributed by atoms with Gasteiger partial charge in [-0.1, -0.05) is 35.9 Å². The Bertz CT molecular complexity index is 1640. The standard InChI is InChI=1S/C27H22ClFN8O2/c1-36-16-32-34-24(36)10-12-31-27(39)23-15-25(37(35-23)17-7-3-2-4-8-17)33-26(38)18-13-19(21(29)14-20(18)28)22-9-5-6-11-30-22/h2-9,11,13-16H,10,12H2,1H3,(H,31,39)(H,33,38). The molecule has 0 fully saturated rings. The van der Waals surface area contributed by atoms with Crippen molar-refractivity contribution >= 4 is 29.2 Å². The second-order valence-corrected chi connectivity index (χ2v) is 8.91. The molecule has 0 bridgehead atoms. The van der Waals surface area contributed by atoms with E-state index in [0.29, 0.717) is 24.3 Å². The molecule has 12 heteroatoms. The van der Waals surface area contributed by atoms with Gasteiger partial charge in [-0.05, 0) is 36.4 Å². The van der Waals surface area contributed by atoms with Crippen molar-refractivity contribution in [2.75, 3.05) is 11.9 Å². The molecule has 10 nitrogen and oxygen atoms in total. The molecule has 0 saturated carbocycles. The van der Waals surface area contributed by atoms with Crippen LogP contribution in [0.2, 0.25) is 5.02 Å². The molecule has 0 saturated heterocycles. The number of halogens is 2. The SMILES string of the molecule is Cn1cnnc1CCNC(=O)c1cc(NC(=O)c2cc(-c3ccccn3)c(F)cc2Cl)n(-c2ccccc2)n1. The molecular formula is C27H22ClFN8O2. The molecule has 0 atom stereocenters. The van der Waals surface area contributed by atoms with Gasteiger partial charge < -0.3 is 15.2 Å². The van der Waals surface area contributed by atoms with Gasteiger partial charge in [0.1, 0.15) is 23.8 Å². The maximum atomic E-state index is 14.7. The minimum Gasteiger partial charge on any atom is -0.350 e. The molecule has 196 valence electrons. The summed E-state index contributed by atoms with van der Waals surface area (Å²) in [4.78, 5) is 30.4. The van der Waals surface area contributed by atoms with Crippen LogP contribution in [0.3, 0.4) is 0 Å². The van der Waals surface area contributed by atoms with E-state index in [-0.39, 0.29) is 27.7 Å². The number of aromatic nitrogens is 6. The molecule has 39 heavy (non-hydrogen) atoms.